The van der Waals surface area contributed by atoms with Crippen LogP contribution in [0, 0.1) is 6.92 Å². The number of hydrogen-bond acceptors (Lipinski definition) is 5. The number of aromatic nitrogens is 4. The van der Waals surface area contributed by atoms with Crippen molar-refractivity contribution in [2.24, 2.45) is 0 Å². The van der Waals surface area contributed by atoms with Crippen LogP contribution in [-0.4, -0.2) is 20.2 Å². The minimum absolute atomic E-state index is 0.326. The van der Waals surface area contributed by atoms with Crippen LogP contribution in [0.2, 0.25) is 0 Å². The number of hydrogen-bond donors (Lipinski definition) is 2. The van der Waals surface area contributed by atoms with Crippen molar-refractivity contribution in [3.05, 3.63) is 22.6 Å². The number of nitrogens with two attached hydrogens (primary N) is 1. The standard InChI is InChI=1S/C8H8BrN5O/c1-4-2-5(14-13-4)15-8-6(9)7(10)11-3-12-8/h2-3H,1H3,(H,13,14)(H2,10,11,12). The molecule has 0 saturated carbocycles. The van der Waals surface area contributed by atoms with Crippen molar-refractivity contribution in [3.63, 3.8) is 0 Å². The minimum Gasteiger partial charge on any atom is -0.418 e. The van der Waals surface area contributed by atoms with Gasteiger partial charge in [0.15, 0.2) is 0 Å². The van der Waals surface area contributed by atoms with Gasteiger partial charge in [0.1, 0.15) is 16.6 Å². The van der Waals surface area contributed by atoms with E-state index in [1.54, 1.807) is 6.07 Å². The highest BCUT2D eigenvalue weighted by molar-refractivity contribution is 9.10. The molecule has 2 rings (SSSR count). The summed E-state index contributed by atoms with van der Waals surface area (Å²) in [6.45, 7) is 1.88. The Morgan fingerprint density at radius 2 is 2.27 bits per heavy atom. The number of anilines is 1. The van der Waals surface area contributed by atoms with Gasteiger partial charge in [-0.15, -0.1) is 5.10 Å². The lowest BCUT2D eigenvalue weighted by molar-refractivity contribution is 0.439. The van der Waals surface area contributed by atoms with Crippen molar-refractivity contribution < 1.29 is 4.74 Å². The van der Waals surface area contributed by atoms with Crippen molar-refractivity contribution >= 4 is 21.7 Å². The number of nitrogens with zero attached hydrogens (tertiary/aromatic N) is 3. The van der Waals surface area contributed by atoms with Crippen molar-refractivity contribution in [2.75, 3.05) is 5.73 Å². The second-order valence-electron chi connectivity index (χ2n) is 2.87. The molecule has 2 aromatic rings. The largest absolute Gasteiger partial charge is 0.418 e. The molecule has 0 aliphatic heterocycles. The Morgan fingerprint density at radius 3 is 2.93 bits per heavy atom. The first kappa shape index (κ1) is 9.91. The Hall–Kier alpha value is -1.63. The summed E-state index contributed by atoms with van der Waals surface area (Å²) < 4.78 is 5.91. The van der Waals surface area contributed by atoms with Crippen LogP contribution >= 0.6 is 15.9 Å². The summed E-state index contributed by atoms with van der Waals surface area (Å²) in [5.41, 5.74) is 6.48. The zero-order valence-electron chi connectivity index (χ0n) is 7.86. The Morgan fingerprint density at radius 1 is 1.47 bits per heavy atom. The molecule has 0 unspecified atom stereocenters. The van der Waals surface area contributed by atoms with Crippen LogP contribution in [0.4, 0.5) is 5.82 Å². The van der Waals surface area contributed by atoms with Gasteiger partial charge in [0, 0.05) is 11.8 Å². The highest BCUT2D eigenvalue weighted by Gasteiger charge is 2.09. The number of ether oxygens (including phenoxy) is 1. The minimum atomic E-state index is 0.326. The molecule has 6 nitrogen and oxygen atoms in total. The topological polar surface area (TPSA) is 89.7 Å². The van der Waals surface area contributed by atoms with Crippen LogP contribution in [-0.2, 0) is 0 Å². The first-order valence-corrected chi connectivity index (χ1v) is 4.92. The fraction of sp³-hybridized carbons (Fsp3) is 0.125. The maximum absolute atomic E-state index is 5.57. The molecule has 0 fully saturated rings. The molecule has 2 aromatic heterocycles. The maximum atomic E-state index is 5.57. The second-order valence-corrected chi connectivity index (χ2v) is 3.66. The Kier molecular flexibility index (Phi) is 2.55. The highest BCUT2D eigenvalue weighted by atomic mass is 79.9. The number of halogens is 1. The van der Waals surface area contributed by atoms with E-state index in [-0.39, 0.29) is 0 Å². The lowest BCUT2D eigenvalue weighted by Gasteiger charge is -2.03. The number of nitrogens with one attached hydrogen (secondary N) is 1. The number of rotatable bonds is 2. The molecule has 0 aromatic carbocycles. The smallest absolute Gasteiger partial charge is 0.240 e. The van der Waals surface area contributed by atoms with E-state index in [1.807, 2.05) is 6.92 Å². The van der Waals surface area contributed by atoms with Gasteiger partial charge in [-0.1, -0.05) is 0 Å². The van der Waals surface area contributed by atoms with Gasteiger partial charge in [0.25, 0.3) is 0 Å². The Bertz CT molecular complexity index is 484. The van der Waals surface area contributed by atoms with Gasteiger partial charge in [-0.05, 0) is 22.9 Å². The van der Waals surface area contributed by atoms with Crippen LogP contribution in [0.25, 0.3) is 0 Å². The van der Waals surface area contributed by atoms with Crippen molar-refractivity contribution in [2.45, 2.75) is 6.92 Å². The Balaban J connectivity index is 2.28. The van der Waals surface area contributed by atoms with E-state index in [4.69, 9.17) is 10.5 Å². The van der Waals surface area contributed by atoms with E-state index in [9.17, 15) is 0 Å². The van der Waals surface area contributed by atoms with Crippen LogP contribution in [0.5, 0.6) is 11.8 Å². The van der Waals surface area contributed by atoms with E-state index < -0.39 is 0 Å². The summed E-state index contributed by atoms with van der Waals surface area (Å²) in [4.78, 5) is 7.73. The van der Waals surface area contributed by atoms with Gasteiger partial charge in [-0.25, -0.2) is 9.97 Å². The maximum Gasteiger partial charge on any atom is 0.240 e. The molecule has 0 atom stereocenters. The first-order chi connectivity index (χ1) is 7.16. The first-order valence-electron chi connectivity index (χ1n) is 4.12. The third-order valence-corrected chi connectivity index (χ3v) is 2.41. The molecular weight excluding hydrogens is 262 g/mol. The lowest BCUT2D eigenvalue weighted by Crippen LogP contribution is -1.96. The summed E-state index contributed by atoms with van der Waals surface area (Å²) in [6.07, 6.45) is 1.33. The average molecular weight is 270 g/mol. The second kappa shape index (κ2) is 3.85. The summed E-state index contributed by atoms with van der Waals surface area (Å²) in [5.74, 6) is 1.10. The normalized spacial score (nSPS) is 10.3. The highest BCUT2D eigenvalue weighted by Crippen LogP contribution is 2.29. The summed E-state index contributed by atoms with van der Waals surface area (Å²) >= 11 is 3.23. The third-order valence-electron chi connectivity index (χ3n) is 1.67. The molecular formula is C8H8BrN5O. The van der Waals surface area contributed by atoms with Crippen LogP contribution in [0.15, 0.2) is 16.9 Å². The Labute approximate surface area is 94.0 Å². The predicted octanol–water partition coefficient (Wildman–Crippen LogP) is 1.65. The van der Waals surface area contributed by atoms with Crippen LogP contribution < -0.4 is 10.5 Å². The zero-order chi connectivity index (χ0) is 10.8. The fourth-order valence-electron chi connectivity index (χ4n) is 0.982. The third kappa shape index (κ3) is 2.07. The molecule has 3 N–H and O–H groups in total. The number of aromatic amines is 1. The van der Waals surface area contributed by atoms with Crippen LogP contribution in [0.1, 0.15) is 5.69 Å². The van der Waals surface area contributed by atoms with Crippen molar-refractivity contribution in [3.8, 4) is 11.8 Å². The number of H-pyrrole nitrogens is 1. The van der Waals surface area contributed by atoms with Crippen molar-refractivity contribution in [1.29, 1.82) is 0 Å². The van der Waals surface area contributed by atoms with Gasteiger partial charge in [0.2, 0.25) is 11.8 Å². The van der Waals surface area contributed by atoms with E-state index in [0.29, 0.717) is 22.1 Å². The molecule has 7 heteroatoms. The number of aryl methyl sites for hydroxylation is 1. The molecule has 2 heterocycles. The molecule has 78 valence electrons. The van der Waals surface area contributed by atoms with Crippen molar-refractivity contribution in [1.82, 2.24) is 20.2 Å². The van der Waals surface area contributed by atoms with Gasteiger partial charge in [0.05, 0.1) is 0 Å². The summed E-state index contributed by atoms with van der Waals surface area (Å²) in [7, 11) is 0. The van der Waals surface area contributed by atoms with Gasteiger partial charge in [-0.3, -0.25) is 5.10 Å². The zero-order valence-corrected chi connectivity index (χ0v) is 9.45. The molecule has 15 heavy (non-hydrogen) atoms. The van der Waals surface area contributed by atoms with E-state index >= 15 is 0 Å². The monoisotopic (exact) mass is 269 g/mol. The average Bonchev–Trinajstić information content (AvgIpc) is 2.59. The molecule has 0 bridgehead atoms. The summed E-state index contributed by atoms with van der Waals surface area (Å²) in [5, 5.41) is 6.67. The predicted molar refractivity (Wildman–Crippen MR) is 57.5 cm³/mol. The van der Waals surface area contributed by atoms with Gasteiger partial charge >= 0.3 is 0 Å². The lowest BCUT2D eigenvalue weighted by atomic mass is 10.5. The van der Waals surface area contributed by atoms with E-state index in [2.05, 4.69) is 36.1 Å². The quantitative estimate of drug-likeness (QED) is 0.865. The van der Waals surface area contributed by atoms with Gasteiger partial charge < -0.3 is 10.5 Å². The van der Waals surface area contributed by atoms with E-state index in [1.165, 1.54) is 6.33 Å². The molecule has 0 radical (unpaired) electrons. The SMILES string of the molecule is Cc1cc(Oc2ncnc(N)c2Br)n[nH]1. The molecule has 0 spiro atoms. The molecule has 0 saturated heterocycles. The number of nitrogen functional groups attached to an aromatic ring is 1. The fourth-order valence-corrected chi connectivity index (χ4v) is 1.27. The van der Waals surface area contributed by atoms with Gasteiger partial charge in [-0.2, -0.15) is 0 Å². The van der Waals surface area contributed by atoms with E-state index in [0.717, 1.165) is 5.69 Å². The molecule has 0 amide bonds. The summed E-state index contributed by atoms with van der Waals surface area (Å²) in [6, 6.07) is 1.75. The molecule has 0 aliphatic carbocycles. The molecule has 0 aliphatic rings. The van der Waals surface area contributed by atoms with Crippen LogP contribution in [0.3, 0.4) is 0 Å².